The van der Waals surface area contributed by atoms with Gasteiger partial charge >= 0.3 is 5.97 Å². The number of hydrogen-bond donors (Lipinski definition) is 1. The molecule has 0 aromatic rings. The van der Waals surface area contributed by atoms with Crippen molar-refractivity contribution in [3.05, 3.63) is 11.6 Å². The lowest BCUT2D eigenvalue weighted by molar-refractivity contribution is -0.133. The first-order valence-electron chi connectivity index (χ1n) is 5.17. The van der Waals surface area contributed by atoms with E-state index in [-0.39, 0.29) is 6.61 Å². The number of hydrogen-bond acceptors (Lipinski definition) is 2. The summed E-state index contributed by atoms with van der Waals surface area (Å²) >= 11 is 0. The van der Waals surface area contributed by atoms with Gasteiger partial charge in [0.15, 0.2) is 0 Å². The van der Waals surface area contributed by atoms with Gasteiger partial charge in [-0.3, -0.25) is 0 Å². The molecule has 14 heavy (non-hydrogen) atoms. The Kier molecular flexibility index (Phi) is 4.66. The molecule has 0 unspecified atom stereocenters. The first kappa shape index (κ1) is 11.2. The average Bonchev–Trinajstić information content (AvgIpc) is 2.18. The van der Waals surface area contributed by atoms with Crippen LogP contribution in [0.1, 0.15) is 32.1 Å². The van der Waals surface area contributed by atoms with Gasteiger partial charge in [0.1, 0.15) is 0 Å². The molecule has 1 rings (SSSR count). The van der Waals surface area contributed by atoms with Crippen molar-refractivity contribution in [2.45, 2.75) is 32.1 Å². The first-order chi connectivity index (χ1) is 6.74. The predicted octanol–water partition coefficient (Wildman–Crippen LogP) is 2.22. The van der Waals surface area contributed by atoms with Crippen molar-refractivity contribution in [2.75, 3.05) is 13.7 Å². The molecule has 0 amide bonds. The third-order valence-electron chi connectivity index (χ3n) is 2.66. The molecular weight excluding hydrogens is 180 g/mol. The van der Waals surface area contributed by atoms with Crippen molar-refractivity contribution in [3.8, 4) is 0 Å². The SMILES string of the molecule is COCC(=CC1CCCCC1)C(=O)O. The molecule has 3 nitrogen and oxygen atoms in total. The fourth-order valence-corrected chi connectivity index (χ4v) is 1.92. The number of allylic oxidation sites excluding steroid dienone is 1. The van der Waals surface area contributed by atoms with Gasteiger partial charge in [-0.25, -0.2) is 4.79 Å². The molecule has 0 atom stereocenters. The van der Waals surface area contributed by atoms with E-state index in [9.17, 15) is 4.79 Å². The molecule has 0 aromatic heterocycles. The first-order valence-corrected chi connectivity index (χ1v) is 5.17. The number of carboxylic acids is 1. The number of rotatable bonds is 4. The Hall–Kier alpha value is -0.830. The van der Waals surface area contributed by atoms with Crippen LogP contribution < -0.4 is 0 Å². The highest BCUT2D eigenvalue weighted by Crippen LogP contribution is 2.25. The second-order valence-corrected chi connectivity index (χ2v) is 3.83. The Bertz CT molecular complexity index is 215. The molecule has 3 heteroatoms. The molecule has 0 aromatic carbocycles. The monoisotopic (exact) mass is 198 g/mol. The normalized spacial score (nSPS) is 19.6. The topological polar surface area (TPSA) is 46.5 Å². The third-order valence-corrected chi connectivity index (χ3v) is 2.66. The maximum absolute atomic E-state index is 10.8. The zero-order chi connectivity index (χ0) is 10.4. The van der Waals surface area contributed by atoms with Crippen LogP contribution in [0, 0.1) is 5.92 Å². The van der Waals surface area contributed by atoms with Gasteiger partial charge in [-0.2, -0.15) is 0 Å². The molecule has 80 valence electrons. The van der Waals surface area contributed by atoms with Crippen LogP contribution in [0.3, 0.4) is 0 Å². The second-order valence-electron chi connectivity index (χ2n) is 3.83. The van der Waals surface area contributed by atoms with Gasteiger partial charge in [0.2, 0.25) is 0 Å². The Balaban J connectivity index is 2.55. The summed E-state index contributed by atoms with van der Waals surface area (Å²) in [6.07, 6.45) is 7.87. The van der Waals surface area contributed by atoms with Crippen LogP contribution in [0.2, 0.25) is 0 Å². The summed E-state index contributed by atoms with van der Waals surface area (Å²) in [4.78, 5) is 10.8. The number of methoxy groups -OCH3 is 1. The minimum absolute atomic E-state index is 0.214. The van der Waals surface area contributed by atoms with E-state index in [4.69, 9.17) is 9.84 Å². The van der Waals surface area contributed by atoms with Crippen LogP contribution in [0.5, 0.6) is 0 Å². The molecule has 1 fully saturated rings. The van der Waals surface area contributed by atoms with Crippen molar-refractivity contribution in [1.82, 2.24) is 0 Å². The van der Waals surface area contributed by atoms with E-state index in [1.54, 1.807) is 0 Å². The Labute approximate surface area is 84.8 Å². The van der Waals surface area contributed by atoms with Gasteiger partial charge in [-0.05, 0) is 18.8 Å². The summed E-state index contributed by atoms with van der Waals surface area (Å²) in [5.41, 5.74) is 0.402. The smallest absolute Gasteiger partial charge is 0.333 e. The molecule has 1 aliphatic carbocycles. The van der Waals surface area contributed by atoms with Gasteiger partial charge in [0.25, 0.3) is 0 Å². The molecule has 0 radical (unpaired) electrons. The van der Waals surface area contributed by atoms with Crippen molar-refractivity contribution in [3.63, 3.8) is 0 Å². The summed E-state index contributed by atoms with van der Waals surface area (Å²) in [5.74, 6) is -0.401. The molecule has 1 saturated carbocycles. The van der Waals surface area contributed by atoms with E-state index in [1.807, 2.05) is 6.08 Å². The van der Waals surface area contributed by atoms with E-state index in [0.29, 0.717) is 11.5 Å². The fourth-order valence-electron chi connectivity index (χ4n) is 1.92. The second kappa shape index (κ2) is 5.81. The molecule has 0 aliphatic heterocycles. The highest BCUT2D eigenvalue weighted by Gasteiger charge is 2.14. The largest absolute Gasteiger partial charge is 0.478 e. The average molecular weight is 198 g/mol. The molecule has 0 spiro atoms. The Morgan fingerprint density at radius 1 is 1.43 bits per heavy atom. The lowest BCUT2D eigenvalue weighted by atomic mass is 9.88. The number of carbonyl (C=O) groups is 1. The molecule has 0 saturated heterocycles. The predicted molar refractivity (Wildman–Crippen MR) is 54.2 cm³/mol. The maximum Gasteiger partial charge on any atom is 0.333 e. The molecule has 1 aliphatic rings. The molecule has 0 heterocycles. The van der Waals surface area contributed by atoms with Crippen molar-refractivity contribution >= 4 is 5.97 Å². The van der Waals surface area contributed by atoms with Gasteiger partial charge in [0.05, 0.1) is 12.2 Å². The van der Waals surface area contributed by atoms with Gasteiger partial charge in [-0.15, -0.1) is 0 Å². The van der Waals surface area contributed by atoms with Crippen molar-refractivity contribution in [2.24, 2.45) is 5.92 Å². The minimum atomic E-state index is -0.850. The van der Waals surface area contributed by atoms with Crippen LogP contribution in [0.4, 0.5) is 0 Å². The zero-order valence-corrected chi connectivity index (χ0v) is 8.66. The lowest BCUT2D eigenvalue weighted by Crippen LogP contribution is -2.11. The fraction of sp³-hybridized carbons (Fsp3) is 0.727. The summed E-state index contributed by atoms with van der Waals surface area (Å²) in [6.45, 7) is 0.214. The van der Waals surface area contributed by atoms with Crippen LogP contribution in [-0.2, 0) is 9.53 Å². The Morgan fingerprint density at radius 3 is 2.57 bits per heavy atom. The van der Waals surface area contributed by atoms with E-state index in [2.05, 4.69) is 0 Å². The zero-order valence-electron chi connectivity index (χ0n) is 8.66. The van der Waals surface area contributed by atoms with Crippen molar-refractivity contribution in [1.29, 1.82) is 0 Å². The number of ether oxygens (including phenoxy) is 1. The molecule has 0 bridgehead atoms. The van der Waals surface area contributed by atoms with Gasteiger partial charge < -0.3 is 9.84 Å². The molecular formula is C11H18O3. The molecule has 1 N–H and O–H groups in total. The summed E-state index contributed by atoms with van der Waals surface area (Å²) in [5, 5.41) is 8.89. The van der Waals surface area contributed by atoms with Gasteiger partial charge in [0, 0.05) is 7.11 Å². The van der Waals surface area contributed by atoms with Crippen LogP contribution >= 0.6 is 0 Å². The highest BCUT2D eigenvalue weighted by molar-refractivity contribution is 5.86. The van der Waals surface area contributed by atoms with Gasteiger partial charge in [-0.1, -0.05) is 25.3 Å². The third kappa shape index (κ3) is 3.50. The number of aliphatic carboxylic acids is 1. The standard InChI is InChI=1S/C11H18O3/c1-14-8-10(11(12)13)7-9-5-3-2-4-6-9/h7,9H,2-6,8H2,1H3,(H,12,13). The van der Waals surface area contributed by atoms with Crippen LogP contribution in [0.25, 0.3) is 0 Å². The van der Waals surface area contributed by atoms with E-state index < -0.39 is 5.97 Å². The summed E-state index contributed by atoms with van der Waals surface area (Å²) < 4.78 is 4.86. The highest BCUT2D eigenvalue weighted by atomic mass is 16.5. The van der Waals surface area contributed by atoms with Crippen molar-refractivity contribution < 1.29 is 14.6 Å². The number of carboxylic acid groups (broad SMARTS) is 1. The Morgan fingerprint density at radius 2 is 2.07 bits per heavy atom. The minimum Gasteiger partial charge on any atom is -0.478 e. The van der Waals surface area contributed by atoms with E-state index in [0.717, 1.165) is 12.8 Å². The quantitative estimate of drug-likeness (QED) is 0.704. The maximum atomic E-state index is 10.8. The lowest BCUT2D eigenvalue weighted by Gasteiger charge is -2.18. The van der Waals surface area contributed by atoms with E-state index >= 15 is 0 Å². The summed E-state index contributed by atoms with van der Waals surface area (Å²) in [6, 6.07) is 0. The summed E-state index contributed by atoms with van der Waals surface area (Å²) in [7, 11) is 1.53. The van der Waals surface area contributed by atoms with Crippen LogP contribution in [0.15, 0.2) is 11.6 Å². The van der Waals surface area contributed by atoms with E-state index in [1.165, 1.54) is 26.4 Å². The van der Waals surface area contributed by atoms with Crippen LogP contribution in [-0.4, -0.2) is 24.8 Å².